The Morgan fingerprint density at radius 1 is 1.07 bits per heavy atom. The third-order valence-electron chi connectivity index (χ3n) is 2.23. The molecule has 2 heterocycles. The monoisotopic (exact) mass is 199 g/mol. The lowest BCUT2D eigenvalue weighted by atomic mass is 10.2. The molecule has 0 fully saturated rings. The molecule has 0 N–H and O–H groups in total. The molecule has 0 unspecified atom stereocenters. The number of rotatable bonds is 3. The highest BCUT2D eigenvalue weighted by atomic mass is 15.1. The highest BCUT2D eigenvalue weighted by molar-refractivity contribution is 5.43. The molecule has 0 aliphatic carbocycles. The van der Waals surface area contributed by atoms with E-state index in [0.29, 0.717) is 0 Å². The molecule has 3 nitrogen and oxygen atoms in total. The Bertz CT molecular complexity index is 400. The van der Waals surface area contributed by atoms with E-state index >= 15 is 0 Å². The van der Waals surface area contributed by atoms with Gasteiger partial charge in [0.15, 0.2) is 0 Å². The van der Waals surface area contributed by atoms with Crippen LogP contribution in [0, 0.1) is 0 Å². The third kappa shape index (κ3) is 2.53. The first kappa shape index (κ1) is 9.65. The molecule has 2 rings (SSSR count). The minimum Gasteiger partial charge on any atom is -0.369 e. The van der Waals surface area contributed by atoms with Crippen LogP contribution in [-0.4, -0.2) is 17.0 Å². The molecule has 0 aliphatic heterocycles. The third-order valence-corrected chi connectivity index (χ3v) is 2.23. The average Bonchev–Trinajstić information content (AvgIpc) is 2.31. The molecule has 2 aromatic rings. The molecule has 0 bridgehead atoms. The first-order valence-corrected chi connectivity index (χ1v) is 4.86. The van der Waals surface area contributed by atoms with Gasteiger partial charge in [0.05, 0.1) is 11.9 Å². The molecule has 76 valence electrons. The van der Waals surface area contributed by atoms with Crippen molar-refractivity contribution in [1.82, 2.24) is 9.97 Å². The summed E-state index contributed by atoms with van der Waals surface area (Å²) in [7, 11) is 2.05. The maximum absolute atomic E-state index is 4.09. The zero-order valence-corrected chi connectivity index (χ0v) is 8.67. The predicted octanol–water partition coefficient (Wildman–Crippen LogP) is 2.11. The van der Waals surface area contributed by atoms with Crippen LogP contribution in [0.3, 0.4) is 0 Å². The Morgan fingerprint density at radius 3 is 2.40 bits per heavy atom. The maximum atomic E-state index is 4.09. The van der Waals surface area contributed by atoms with Crippen LogP contribution in [0.25, 0.3) is 0 Å². The highest BCUT2D eigenvalue weighted by Crippen LogP contribution is 2.12. The van der Waals surface area contributed by atoms with Gasteiger partial charge in [0.2, 0.25) is 0 Å². The minimum absolute atomic E-state index is 0.847. The van der Waals surface area contributed by atoms with Gasteiger partial charge in [0.1, 0.15) is 0 Å². The van der Waals surface area contributed by atoms with E-state index in [0.717, 1.165) is 12.2 Å². The fourth-order valence-electron chi connectivity index (χ4n) is 1.44. The summed E-state index contributed by atoms with van der Waals surface area (Å²) in [5, 5.41) is 0. The Hall–Kier alpha value is -1.90. The van der Waals surface area contributed by atoms with Crippen molar-refractivity contribution >= 4 is 5.69 Å². The Labute approximate surface area is 89.4 Å². The van der Waals surface area contributed by atoms with Crippen LogP contribution >= 0.6 is 0 Å². The fourth-order valence-corrected chi connectivity index (χ4v) is 1.44. The van der Waals surface area contributed by atoms with Crippen molar-refractivity contribution in [3.8, 4) is 0 Å². The average molecular weight is 199 g/mol. The second-order valence-corrected chi connectivity index (χ2v) is 3.43. The highest BCUT2D eigenvalue weighted by Gasteiger charge is 2.00. The molecule has 15 heavy (non-hydrogen) atoms. The lowest BCUT2D eigenvalue weighted by molar-refractivity contribution is 0.910. The number of hydrogen-bond donors (Lipinski definition) is 0. The largest absolute Gasteiger partial charge is 0.369 e. The summed E-state index contributed by atoms with van der Waals surface area (Å²) >= 11 is 0. The van der Waals surface area contributed by atoms with Crippen LogP contribution in [0.15, 0.2) is 49.1 Å². The van der Waals surface area contributed by atoms with Gasteiger partial charge in [0.25, 0.3) is 0 Å². The van der Waals surface area contributed by atoms with E-state index in [9.17, 15) is 0 Å². The van der Waals surface area contributed by atoms with Gasteiger partial charge in [-0.25, -0.2) is 0 Å². The van der Waals surface area contributed by atoms with Crippen LogP contribution in [0.1, 0.15) is 5.56 Å². The normalized spacial score (nSPS) is 9.93. The minimum atomic E-state index is 0.847. The zero-order chi connectivity index (χ0) is 10.5. The summed E-state index contributed by atoms with van der Waals surface area (Å²) in [6.45, 7) is 0.847. The number of nitrogens with zero attached hydrogens (tertiary/aromatic N) is 3. The number of pyridine rings is 2. The Kier molecular flexibility index (Phi) is 2.93. The maximum Gasteiger partial charge on any atom is 0.0553 e. The Balaban J connectivity index is 2.08. The van der Waals surface area contributed by atoms with E-state index in [1.165, 1.54) is 5.56 Å². The summed E-state index contributed by atoms with van der Waals surface area (Å²) in [5.41, 5.74) is 2.31. The van der Waals surface area contributed by atoms with E-state index in [1.54, 1.807) is 12.4 Å². The topological polar surface area (TPSA) is 29.0 Å². The molecule has 0 radical (unpaired) electrons. The van der Waals surface area contributed by atoms with E-state index < -0.39 is 0 Å². The molecule has 0 saturated carbocycles. The predicted molar refractivity (Wildman–Crippen MR) is 60.6 cm³/mol. The van der Waals surface area contributed by atoms with Crippen molar-refractivity contribution in [2.75, 3.05) is 11.9 Å². The second-order valence-electron chi connectivity index (χ2n) is 3.43. The molecule has 0 amide bonds. The van der Waals surface area contributed by atoms with Gasteiger partial charge in [0, 0.05) is 32.2 Å². The molecule has 0 aliphatic rings. The van der Waals surface area contributed by atoms with Crippen molar-refractivity contribution in [2.24, 2.45) is 0 Å². The first-order chi connectivity index (χ1) is 7.36. The number of aromatic nitrogens is 2. The first-order valence-electron chi connectivity index (χ1n) is 4.86. The molecular formula is C12H13N3. The van der Waals surface area contributed by atoms with Crippen molar-refractivity contribution in [1.29, 1.82) is 0 Å². The lowest BCUT2D eigenvalue weighted by Gasteiger charge is -2.18. The smallest absolute Gasteiger partial charge is 0.0553 e. The van der Waals surface area contributed by atoms with Gasteiger partial charge in [-0.2, -0.15) is 0 Å². The van der Waals surface area contributed by atoms with Gasteiger partial charge in [-0.1, -0.05) is 6.07 Å². The molecule has 2 aromatic heterocycles. The summed E-state index contributed by atoms with van der Waals surface area (Å²) in [6.07, 6.45) is 7.30. The lowest BCUT2D eigenvalue weighted by Crippen LogP contribution is -2.16. The summed E-state index contributed by atoms with van der Waals surface area (Å²) in [5.74, 6) is 0. The van der Waals surface area contributed by atoms with Gasteiger partial charge < -0.3 is 4.90 Å². The van der Waals surface area contributed by atoms with Gasteiger partial charge >= 0.3 is 0 Å². The van der Waals surface area contributed by atoms with Crippen molar-refractivity contribution in [3.63, 3.8) is 0 Å². The fraction of sp³-hybridized carbons (Fsp3) is 0.167. The molecular weight excluding hydrogens is 186 g/mol. The van der Waals surface area contributed by atoms with Crippen LogP contribution in [0.4, 0.5) is 5.69 Å². The van der Waals surface area contributed by atoms with E-state index in [1.807, 2.05) is 37.6 Å². The van der Waals surface area contributed by atoms with Crippen LogP contribution in [-0.2, 0) is 6.54 Å². The number of hydrogen-bond acceptors (Lipinski definition) is 3. The summed E-state index contributed by atoms with van der Waals surface area (Å²) < 4.78 is 0. The van der Waals surface area contributed by atoms with Crippen molar-refractivity contribution in [2.45, 2.75) is 6.54 Å². The molecule has 0 spiro atoms. The van der Waals surface area contributed by atoms with E-state index in [-0.39, 0.29) is 0 Å². The second kappa shape index (κ2) is 4.55. The van der Waals surface area contributed by atoms with E-state index in [2.05, 4.69) is 20.9 Å². The van der Waals surface area contributed by atoms with E-state index in [4.69, 9.17) is 0 Å². The van der Waals surface area contributed by atoms with Gasteiger partial charge in [-0.15, -0.1) is 0 Å². The van der Waals surface area contributed by atoms with Crippen LogP contribution in [0.5, 0.6) is 0 Å². The molecule has 0 atom stereocenters. The zero-order valence-electron chi connectivity index (χ0n) is 8.67. The standard InChI is InChI=1S/C12H13N3/c1-15(12-5-3-7-14-9-12)10-11-4-2-6-13-8-11/h2-9H,10H2,1H3. The van der Waals surface area contributed by atoms with Crippen LogP contribution < -0.4 is 4.90 Å². The Morgan fingerprint density at radius 2 is 1.80 bits per heavy atom. The van der Waals surface area contributed by atoms with Crippen molar-refractivity contribution < 1.29 is 0 Å². The van der Waals surface area contributed by atoms with Gasteiger partial charge in [-0.3, -0.25) is 9.97 Å². The molecule has 0 saturated heterocycles. The summed E-state index contributed by atoms with van der Waals surface area (Å²) in [6, 6.07) is 8.00. The quantitative estimate of drug-likeness (QED) is 0.758. The number of anilines is 1. The molecule has 0 aromatic carbocycles. The summed E-state index contributed by atoms with van der Waals surface area (Å²) in [4.78, 5) is 10.3. The van der Waals surface area contributed by atoms with Crippen molar-refractivity contribution in [3.05, 3.63) is 54.6 Å². The molecule has 3 heteroatoms. The SMILES string of the molecule is CN(Cc1cccnc1)c1cccnc1. The van der Waals surface area contributed by atoms with Gasteiger partial charge in [-0.05, 0) is 23.8 Å². The van der Waals surface area contributed by atoms with Crippen LogP contribution in [0.2, 0.25) is 0 Å².